The van der Waals surface area contributed by atoms with Crippen LogP contribution in [0.3, 0.4) is 0 Å². The van der Waals surface area contributed by atoms with Crippen LogP contribution in [0.4, 0.5) is 0 Å². The van der Waals surface area contributed by atoms with Crippen LogP contribution < -0.4 is 48.7 Å². The number of benzene rings is 6. The van der Waals surface area contributed by atoms with Crippen molar-refractivity contribution >= 4 is 75.8 Å². The van der Waals surface area contributed by atoms with Crippen molar-refractivity contribution in [2.75, 3.05) is 13.2 Å². The molecule has 0 N–H and O–H groups in total. The van der Waals surface area contributed by atoms with Gasteiger partial charge in [0.25, 0.3) is 0 Å². The maximum Gasteiger partial charge on any atom is 2.00 e. The van der Waals surface area contributed by atoms with Gasteiger partial charge in [-0.15, -0.1) is 22.1 Å². The number of imidazole rings is 2. The average Bonchev–Trinajstić information content (AvgIpc) is 4.41. The summed E-state index contributed by atoms with van der Waals surface area (Å²) >= 11 is 3.66. The van der Waals surface area contributed by atoms with E-state index in [9.17, 15) is 0 Å². The van der Waals surface area contributed by atoms with Gasteiger partial charge in [0, 0.05) is 35.3 Å². The second kappa shape index (κ2) is 32.0. The molecule has 412 valence electrons. The molecule has 7 nitrogen and oxygen atoms in total. The van der Waals surface area contributed by atoms with Crippen molar-refractivity contribution < 1.29 is 75.6 Å². The zero-order chi connectivity index (χ0) is 51.0. The molecule has 4 aliphatic carbocycles. The fourth-order valence-electron chi connectivity index (χ4n) is 12.6. The summed E-state index contributed by atoms with van der Waals surface area (Å²) in [5.41, 5.74) is 9.94. The van der Waals surface area contributed by atoms with E-state index in [1.165, 1.54) is 185 Å². The van der Waals surface area contributed by atoms with E-state index in [1.54, 1.807) is 0 Å². The van der Waals surface area contributed by atoms with E-state index in [0.29, 0.717) is 24.2 Å². The zero-order valence-corrected chi connectivity index (χ0v) is 49.8. The fourth-order valence-corrected chi connectivity index (χ4v) is 12.6. The maximum absolute atomic E-state index is 4.94. The number of aromatic nitrogens is 6. The number of para-hydroxylation sites is 8. The van der Waals surface area contributed by atoms with Gasteiger partial charge in [0.1, 0.15) is 0 Å². The Morgan fingerprint density at radius 3 is 0.987 bits per heavy atom. The Hall–Kier alpha value is -3.85. The number of nitrogens with zero attached hydrogens (tertiary/aromatic N) is 6. The van der Waals surface area contributed by atoms with Crippen LogP contribution in [0.5, 0.6) is 0 Å². The van der Waals surface area contributed by atoms with Crippen molar-refractivity contribution in [3.8, 4) is 0 Å². The van der Waals surface area contributed by atoms with E-state index in [1.807, 2.05) is 24.3 Å². The number of fused-ring (bicyclic) bond motifs is 8. The maximum atomic E-state index is 4.94. The van der Waals surface area contributed by atoms with Crippen molar-refractivity contribution in [1.29, 1.82) is 0 Å². The van der Waals surface area contributed by atoms with Crippen LogP contribution in [0.25, 0.3) is 65.7 Å². The molecule has 0 unspecified atom stereocenters. The van der Waals surface area contributed by atoms with Crippen LogP contribution >= 0.6 is 10.1 Å². The van der Waals surface area contributed by atoms with Crippen molar-refractivity contribution in [3.05, 3.63) is 158 Å². The summed E-state index contributed by atoms with van der Waals surface area (Å²) < 4.78 is 14.8. The Kier molecular flexibility index (Phi) is 25.3. The predicted octanol–water partition coefficient (Wildman–Crippen LogP) is 14.5. The van der Waals surface area contributed by atoms with Crippen LogP contribution in [-0.4, -0.2) is 22.3 Å². The standard InChI is InChI=1S/2C19H26N2.2C12H8N.C4H8O.CH4.ClH.2Cu.Na/c2*1-3-9-16(10-4-1)20-15-21(17-11-5-2-6-12-17)19-14-8-7-13-18(19)20;2*1-3-7-11-9(5-1)10-6-2-4-8-12(10)13-11;1-2-4-5-3-1;;;;;/h2*7-8,13-14,16-17H,1-6,9-12H2;2*1-8H;1-4H2;1H4;1H;;;/q;;2*-1;;;;2*+2;+1/p-1. The normalized spacial score (nSPS) is 17.1. The zero-order valence-electron chi connectivity index (χ0n) is 45.2. The third-order valence-electron chi connectivity index (χ3n) is 16.5. The van der Waals surface area contributed by atoms with Crippen molar-refractivity contribution in [2.24, 2.45) is 0 Å². The molecule has 5 aliphatic rings. The van der Waals surface area contributed by atoms with E-state index >= 15 is 0 Å². The molecule has 0 atom stereocenters. The van der Waals surface area contributed by atoms with Crippen LogP contribution in [0.15, 0.2) is 146 Å². The van der Waals surface area contributed by atoms with Gasteiger partial charge in [-0.1, -0.05) is 179 Å². The molecule has 10 aromatic rings. The van der Waals surface area contributed by atoms with Gasteiger partial charge >= 0.3 is 71.8 Å². The molecular weight excluding hydrogens is 1090 g/mol. The van der Waals surface area contributed by atoms with Crippen LogP contribution in [0, 0.1) is 12.7 Å². The molecule has 1 saturated heterocycles. The van der Waals surface area contributed by atoms with Crippen LogP contribution in [-0.2, 0) is 36.9 Å². The summed E-state index contributed by atoms with van der Waals surface area (Å²) in [4.78, 5) is 9.03. The molecule has 5 heterocycles. The topological polar surface area (TPSA) is 55.1 Å². The fraction of sp³-hybridized carbons (Fsp3) is 0.433. The minimum absolute atomic E-state index is 0. The third-order valence-corrected chi connectivity index (χ3v) is 16.5. The summed E-state index contributed by atoms with van der Waals surface area (Å²) in [7, 11) is 4.20. The third kappa shape index (κ3) is 15.2. The van der Waals surface area contributed by atoms with E-state index in [2.05, 4.69) is 187 Å². The second-order valence-corrected chi connectivity index (χ2v) is 21.4. The van der Waals surface area contributed by atoms with Gasteiger partial charge in [0.05, 0.1) is 24.2 Å². The molecule has 4 aromatic heterocycles. The predicted molar refractivity (Wildman–Crippen MR) is 313 cm³/mol. The molecule has 0 amide bonds. The molecule has 0 spiro atoms. The van der Waals surface area contributed by atoms with Gasteiger partial charge in [-0.25, -0.2) is 0 Å². The summed E-state index contributed by atoms with van der Waals surface area (Å²) in [6, 6.07) is 53.6. The average molecular weight is 1170 g/mol. The number of hydrogen-bond donors (Lipinski definition) is 0. The Morgan fingerprint density at radius 2 is 0.679 bits per heavy atom. The smallest absolute Gasteiger partial charge is 0.657 e. The van der Waals surface area contributed by atoms with Crippen molar-refractivity contribution in [2.45, 2.75) is 173 Å². The van der Waals surface area contributed by atoms with Crippen molar-refractivity contribution in [1.82, 2.24) is 19.1 Å². The van der Waals surface area contributed by atoms with Crippen molar-refractivity contribution in [3.63, 3.8) is 0 Å². The molecular formula is C67H80ClCu2N6NaO+2. The summed E-state index contributed by atoms with van der Waals surface area (Å²) in [5, 5.41) is 4.99. The Balaban J connectivity index is 0.000000145. The van der Waals surface area contributed by atoms with E-state index in [0.717, 1.165) is 35.3 Å². The largest absolute Gasteiger partial charge is 2.00 e. The van der Waals surface area contributed by atoms with Gasteiger partial charge in [-0.2, -0.15) is 0 Å². The van der Waals surface area contributed by atoms with E-state index in [-0.39, 0.29) is 54.1 Å². The SMILES string of the molecule is C.C1CCOC1.[Cl][Cu+].[Cu+2].[Na+].[c-]1n(C2CCCCC2)c2ccccc2[n+]1C1CCCCC1.[c-]1n(C2CCCCC2)c2ccccc2[n+]1C1CCCCC1.c1ccc2c(c1)[n-]c1ccccc12.c1ccc2c(c1)[n-]c1ccccc12. The first-order chi connectivity index (χ1) is 37.3. The molecule has 4 saturated carbocycles. The minimum atomic E-state index is 0. The Bertz CT molecular complexity index is 2890. The first-order valence-electron chi connectivity index (χ1n) is 28.6. The first-order valence-corrected chi connectivity index (χ1v) is 29.9. The summed E-state index contributed by atoms with van der Waals surface area (Å²) in [5.74, 6) is 0. The van der Waals surface area contributed by atoms with Gasteiger partial charge in [-0.3, -0.25) is 0 Å². The second-order valence-electron chi connectivity index (χ2n) is 21.4. The number of rotatable bonds is 4. The van der Waals surface area contributed by atoms with Gasteiger partial charge in [0.15, 0.2) is 0 Å². The molecule has 11 heteroatoms. The Labute approximate surface area is 510 Å². The molecule has 6 aromatic carbocycles. The number of halogens is 1. The van der Waals surface area contributed by atoms with Crippen LogP contribution in [0.1, 0.15) is 173 Å². The van der Waals surface area contributed by atoms with Gasteiger partial charge in [-0.05, 0) is 137 Å². The molecule has 1 radical (unpaired) electrons. The molecule has 5 fully saturated rings. The molecule has 15 rings (SSSR count). The van der Waals surface area contributed by atoms with Crippen LogP contribution in [0.2, 0.25) is 0 Å². The van der Waals surface area contributed by atoms with E-state index < -0.39 is 0 Å². The van der Waals surface area contributed by atoms with Gasteiger partial charge in [0.2, 0.25) is 12.7 Å². The quantitative estimate of drug-likeness (QED) is 0.100. The summed E-state index contributed by atoms with van der Waals surface area (Å²) in [6.07, 6.45) is 37.5. The first kappa shape index (κ1) is 61.8. The molecule has 1 aliphatic heterocycles. The van der Waals surface area contributed by atoms with Gasteiger partial charge < -0.3 is 33.0 Å². The number of hydrogen-bond acceptors (Lipinski definition) is 1. The number of ether oxygens (including phenoxy) is 1. The van der Waals surface area contributed by atoms with E-state index in [4.69, 9.17) is 4.74 Å². The summed E-state index contributed by atoms with van der Waals surface area (Å²) in [6.45, 7) is 2.00. The monoisotopic (exact) mass is 1170 g/mol. The Morgan fingerprint density at radius 1 is 0.397 bits per heavy atom. The minimum Gasteiger partial charge on any atom is -0.657 e. The molecule has 78 heavy (non-hydrogen) atoms. The molecule has 0 bridgehead atoms.